The van der Waals surface area contributed by atoms with Gasteiger partial charge in [0, 0.05) is 13.1 Å². The first kappa shape index (κ1) is 14.5. The van der Waals surface area contributed by atoms with Gasteiger partial charge in [-0.15, -0.1) is 0 Å². The van der Waals surface area contributed by atoms with Crippen molar-refractivity contribution >= 4 is 5.91 Å². The van der Waals surface area contributed by atoms with Crippen LogP contribution < -0.4 is 15.8 Å². The minimum atomic E-state index is -1.15. The molecule has 0 heterocycles. The summed E-state index contributed by atoms with van der Waals surface area (Å²) in [7, 11) is 1.63. The average Bonchev–Trinajstić information content (AvgIpc) is 2.37. The lowest BCUT2D eigenvalue weighted by molar-refractivity contribution is -0.128. The molecule has 1 rings (SSSR count). The van der Waals surface area contributed by atoms with E-state index in [-0.39, 0.29) is 6.54 Å². The maximum absolute atomic E-state index is 11.4. The van der Waals surface area contributed by atoms with Gasteiger partial charge in [0.05, 0.1) is 7.11 Å². The molecule has 0 aromatic heterocycles. The Balaban J connectivity index is 2.74. The Labute approximate surface area is 107 Å². The summed E-state index contributed by atoms with van der Waals surface area (Å²) in [5, 5.41) is 11.9. The zero-order chi connectivity index (χ0) is 13.7. The van der Waals surface area contributed by atoms with Crippen LogP contribution in [0.25, 0.3) is 0 Å². The molecule has 0 aliphatic heterocycles. The molecular weight excluding hydrogens is 232 g/mol. The van der Waals surface area contributed by atoms with Gasteiger partial charge in [0.1, 0.15) is 11.9 Å². The average molecular weight is 252 g/mol. The number of aliphatic hydroxyl groups is 1. The minimum Gasteiger partial charge on any atom is -0.496 e. The molecule has 5 heteroatoms. The molecule has 0 fully saturated rings. The number of hydrogen-bond acceptors (Lipinski definition) is 4. The van der Waals surface area contributed by atoms with E-state index in [4.69, 9.17) is 10.5 Å². The highest BCUT2D eigenvalue weighted by Crippen LogP contribution is 2.22. The first-order chi connectivity index (χ1) is 8.49. The molecule has 0 aliphatic rings. The number of rotatable bonds is 5. The van der Waals surface area contributed by atoms with Crippen molar-refractivity contribution in [3.8, 4) is 5.75 Å². The van der Waals surface area contributed by atoms with E-state index in [0.29, 0.717) is 6.54 Å². The summed E-state index contributed by atoms with van der Waals surface area (Å²) >= 11 is 0. The zero-order valence-corrected chi connectivity index (χ0v) is 11.0. The van der Waals surface area contributed by atoms with Crippen molar-refractivity contribution in [3.63, 3.8) is 0 Å². The molecule has 4 N–H and O–H groups in total. The van der Waals surface area contributed by atoms with Crippen LogP contribution in [0.4, 0.5) is 0 Å². The maximum Gasteiger partial charge on any atom is 0.250 e. The van der Waals surface area contributed by atoms with Crippen LogP contribution in [-0.4, -0.2) is 30.8 Å². The molecule has 1 unspecified atom stereocenters. The summed E-state index contributed by atoms with van der Waals surface area (Å²) in [5.74, 6) is 0.370. The number of ether oxygens (including phenoxy) is 1. The van der Waals surface area contributed by atoms with Crippen LogP contribution in [0.1, 0.15) is 16.7 Å². The Bertz CT molecular complexity index is 432. The van der Waals surface area contributed by atoms with Crippen molar-refractivity contribution in [1.82, 2.24) is 5.32 Å². The molecule has 0 aliphatic carbocycles. The number of aryl methyl sites for hydroxylation is 2. The SMILES string of the molecule is COc1cc(C)c(CNC(=O)C(O)CN)cc1C. The van der Waals surface area contributed by atoms with Crippen LogP contribution in [0.5, 0.6) is 5.75 Å². The lowest BCUT2D eigenvalue weighted by Crippen LogP contribution is -2.38. The second-order valence-electron chi connectivity index (χ2n) is 4.22. The molecule has 5 nitrogen and oxygen atoms in total. The Morgan fingerprint density at radius 3 is 2.67 bits per heavy atom. The third-order valence-electron chi connectivity index (χ3n) is 2.83. The number of amides is 1. The first-order valence-corrected chi connectivity index (χ1v) is 5.79. The monoisotopic (exact) mass is 252 g/mol. The molecule has 0 saturated carbocycles. The molecule has 100 valence electrons. The molecule has 1 aromatic rings. The van der Waals surface area contributed by atoms with Crippen molar-refractivity contribution in [3.05, 3.63) is 28.8 Å². The quantitative estimate of drug-likeness (QED) is 0.701. The Kier molecular flexibility index (Phi) is 5.12. The van der Waals surface area contributed by atoms with Gasteiger partial charge >= 0.3 is 0 Å². The summed E-state index contributed by atoms with van der Waals surface area (Å²) in [4.78, 5) is 11.4. The number of nitrogens with one attached hydrogen (secondary N) is 1. The van der Waals surface area contributed by atoms with Crippen molar-refractivity contribution < 1.29 is 14.6 Å². The Hall–Kier alpha value is -1.59. The lowest BCUT2D eigenvalue weighted by atomic mass is 10.0. The van der Waals surface area contributed by atoms with Crippen molar-refractivity contribution in [2.45, 2.75) is 26.5 Å². The van der Waals surface area contributed by atoms with Crippen molar-refractivity contribution in [1.29, 1.82) is 0 Å². The van der Waals surface area contributed by atoms with Gasteiger partial charge in [-0.1, -0.05) is 6.07 Å². The standard InChI is InChI=1S/C13H20N2O3/c1-8-5-12(18-3)9(2)4-10(8)7-15-13(17)11(16)6-14/h4-5,11,16H,6-7,14H2,1-3H3,(H,15,17). The summed E-state index contributed by atoms with van der Waals surface area (Å²) in [6.45, 7) is 4.18. The van der Waals surface area contributed by atoms with Crippen LogP contribution in [0.3, 0.4) is 0 Å². The molecule has 0 bridgehead atoms. The van der Waals surface area contributed by atoms with Gasteiger partial charge in [0.2, 0.25) is 5.91 Å². The van der Waals surface area contributed by atoms with E-state index in [1.165, 1.54) is 0 Å². The first-order valence-electron chi connectivity index (χ1n) is 5.79. The van der Waals surface area contributed by atoms with E-state index in [2.05, 4.69) is 5.32 Å². The number of carbonyl (C=O) groups is 1. The number of benzene rings is 1. The number of methoxy groups -OCH3 is 1. The van der Waals surface area contributed by atoms with Crippen LogP contribution in [0, 0.1) is 13.8 Å². The predicted octanol–water partition coefficient (Wildman–Crippen LogP) is 0.248. The maximum atomic E-state index is 11.4. The normalized spacial score (nSPS) is 12.1. The fourth-order valence-corrected chi connectivity index (χ4v) is 1.67. The van der Waals surface area contributed by atoms with Gasteiger partial charge in [-0.2, -0.15) is 0 Å². The van der Waals surface area contributed by atoms with E-state index in [1.54, 1.807) is 7.11 Å². The highest BCUT2D eigenvalue weighted by atomic mass is 16.5. The molecule has 0 radical (unpaired) electrons. The summed E-state index contributed by atoms with van der Waals surface area (Å²) in [5.41, 5.74) is 8.23. The van der Waals surface area contributed by atoms with Gasteiger partial charge in [-0.25, -0.2) is 0 Å². The summed E-state index contributed by atoms with van der Waals surface area (Å²) in [6.07, 6.45) is -1.15. The molecule has 1 amide bonds. The third kappa shape index (κ3) is 3.45. The minimum absolute atomic E-state index is 0.0769. The van der Waals surface area contributed by atoms with E-state index >= 15 is 0 Å². The Morgan fingerprint density at radius 1 is 1.44 bits per heavy atom. The summed E-state index contributed by atoms with van der Waals surface area (Å²) < 4.78 is 5.22. The van der Waals surface area contributed by atoms with E-state index in [0.717, 1.165) is 22.4 Å². The predicted molar refractivity (Wildman–Crippen MR) is 69.4 cm³/mol. The van der Waals surface area contributed by atoms with E-state index in [1.807, 2.05) is 26.0 Å². The van der Waals surface area contributed by atoms with Gasteiger partial charge in [-0.05, 0) is 36.6 Å². The number of carbonyl (C=O) groups excluding carboxylic acids is 1. The van der Waals surface area contributed by atoms with Crippen LogP contribution >= 0.6 is 0 Å². The van der Waals surface area contributed by atoms with Crippen LogP contribution in [-0.2, 0) is 11.3 Å². The second kappa shape index (κ2) is 6.37. The zero-order valence-electron chi connectivity index (χ0n) is 11.0. The molecular formula is C13H20N2O3. The number of aliphatic hydroxyl groups excluding tert-OH is 1. The fraction of sp³-hybridized carbons (Fsp3) is 0.462. The molecule has 1 atom stereocenters. The topological polar surface area (TPSA) is 84.6 Å². The molecule has 0 saturated heterocycles. The number of hydrogen-bond donors (Lipinski definition) is 3. The van der Waals surface area contributed by atoms with Crippen LogP contribution in [0.2, 0.25) is 0 Å². The molecule has 1 aromatic carbocycles. The number of nitrogens with two attached hydrogens (primary N) is 1. The fourth-order valence-electron chi connectivity index (χ4n) is 1.67. The lowest BCUT2D eigenvalue weighted by Gasteiger charge is -2.13. The third-order valence-corrected chi connectivity index (χ3v) is 2.83. The smallest absolute Gasteiger partial charge is 0.250 e. The molecule has 0 spiro atoms. The van der Waals surface area contributed by atoms with Gasteiger partial charge < -0.3 is 20.9 Å². The van der Waals surface area contributed by atoms with Gasteiger partial charge in [0.25, 0.3) is 0 Å². The summed E-state index contributed by atoms with van der Waals surface area (Å²) in [6, 6.07) is 3.89. The van der Waals surface area contributed by atoms with Crippen LogP contribution in [0.15, 0.2) is 12.1 Å². The second-order valence-corrected chi connectivity index (χ2v) is 4.22. The highest BCUT2D eigenvalue weighted by molar-refractivity contribution is 5.80. The molecule has 18 heavy (non-hydrogen) atoms. The van der Waals surface area contributed by atoms with Crippen molar-refractivity contribution in [2.24, 2.45) is 5.73 Å². The van der Waals surface area contributed by atoms with Crippen molar-refractivity contribution in [2.75, 3.05) is 13.7 Å². The van der Waals surface area contributed by atoms with Gasteiger partial charge in [-0.3, -0.25) is 4.79 Å². The Morgan fingerprint density at radius 2 is 2.11 bits per heavy atom. The van der Waals surface area contributed by atoms with E-state index < -0.39 is 12.0 Å². The van der Waals surface area contributed by atoms with Gasteiger partial charge in [0.15, 0.2) is 0 Å². The highest BCUT2D eigenvalue weighted by Gasteiger charge is 2.13. The largest absolute Gasteiger partial charge is 0.496 e. The van der Waals surface area contributed by atoms with E-state index in [9.17, 15) is 9.90 Å².